The Balaban J connectivity index is 2.28. The maximum atomic E-state index is 13.3. The lowest BCUT2D eigenvalue weighted by molar-refractivity contribution is -0.132. The number of amides is 1. The van der Waals surface area contributed by atoms with Crippen molar-refractivity contribution in [1.29, 1.82) is 0 Å². The van der Waals surface area contributed by atoms with E-state index < -0.39 is 44.9 Å². The predicted molar refractivity (Wildman–Crippen MR) is 147 cm³/mol. The molecule has 0 aliphatic rings. The molecule has 0 unspecified atom stereocenters. The number of rotatable bonds is 5. The number of fused-ring (bicyclic) bond motifs is 1. The van der Waals surface area contributed by atoms with Crippen molar-refractivity contribution in [3.63, 3.8) is 0 Å². The number of carbonyl (C=O) groups excluding carboxylic acids is 1. The standard InChI is InChI=1S/C28H32F3N3O4Si/c1-18-14-20(8-9-21(18)25(35)36)23-16-32-24-22(15-19(17-34(23)24)10-13-39(5,6)7)33(12-11-28(29,30)31)26(37)38-27(2,3)4/h8-9,14-17H,11-12H2,1-7H3,(H,35,36). The molecule has 3 rings (SSSR count). The number of hydrogen-bond donors (Lipinski definition) is 1. The third-order valence-corrected chi connectivity index (χ3v) is 6.32. The van der Waals surface area contributed by atoms with Crippen molar-refractivity contribution in [2.24, 2.45) is 0 Å². The van der Waals surface area contributed by atoms with Gasteiger partial charge in [0.15, 0.2) is 5.65 Å². The van der Waals surface area contributed by atoms with Crippen LogP contribution in [-0.2, 0) is 4.74 Å². The van der Waals surface area contributed by atoms with Crippen molar-refractivity contribution < 1.29 is 32.6 Å². The number of nitrogens with zero attached hydrogens (tertiary/aromatic N) is 3. The van der Waals surface area contributed by atoms with E-state index in [-0.39, 0.29) is 16.9 Å². The Morgan fingerprint density at radius 3 is 2.36 bits per heavy atom. The number of aromatic carboxylic acids is 1. The van der Waals surface area contributed by atoms with Gasteiger partial charge in [-0.25, -0.2) is 14.6 Å². The third-order valence-electron chi connectivity index (χ3n) is 5.44. The van der Waals surface area contributed by atoms with E-state index in [1.54, 1.807) is 56.5 Å². The minimum Gasteiger partial charge on any atom is -0.478 e. The van der Waals surface area contributed by atoms with Crippen molar-refractivity contribution in [3.8, 4) is 22.7 Å². The van der Waals surface area contributed by atoms with Crippen molar-refractivity contribution in [3.05, 3.63) is 53.3 Å². The summed E-state index contributed by atoms with van der Waals surface area (Å²) in [5.41, 5.74) is 5.04. The van der Waals surface area contributed by atoms with Gasteiger partial charge in [-0.1, -0.05) is 31.6 Å². The van der Waals surface area contributed by atoms with Gasteiger partial charge in [-0.3, -0.25) is 9.30 Å². The van der Waals surface area contributed by atoms with E-state index >= 15 is 0 Å². The average Bonchev–Trinajstić information content (AvgIpc) is 3.19. The molecule has 1 N–H and O–H groups in total. The second-order valence-electron chi connectivity index (χ2n) is 11.3. The number of hydrogen-bond acceptors (Lipinski definition) is 4. The highest BCUT2D eigenvalue weighted by Crippen LogP contribution is 2.32. The fraction of sp³-hybridized carbons (Fsp3) is 0.393. The first-order chi connectivity index (χ1) is 17.8. The highest BCUT2D eigenvalue weighted by atomic mass is 28.3. The second kappa shape index (κ2) is 10.8. The largest absolute Gasteiger partial charge is 0.478 e. The molecule has 39 heavy (non-hydrogen) atoms. The molecule has 0 atom stereocenters. The Kier molecular flexibility index (Phi) is 8.22. The Labute approximate surface area is 226 Å². The number of ether oxygens (including phenoxy) is 1. The summed E-state index contributed by atoms with van der Waals surface area (Å²) < 4.78 is 46.9. The van der Waals surface area contributed by atoms with E-state index in [1.807, 2.05) is 0 Å². The topological polar surface area (TPSA) is 84.1 Å². The van der Waals surface area contributed by atoms with Crippen LogP contribution in [-0.4, -0.2) is 52.9 Å². The number of pyridine rings is 1. The van der Waals surface area contributed by atoms with Crippen LogP contribution in [0.15, 0.2) is 36.7 Å². The number of benzene rings is 1. The van der Waals surface area contributed by atoms with Gasteiger partial charge < -0.3 is 9.84 Å². The quantitative estimate of drug-likeness (QED) is 0.271. The van der Waals surface area contributed by atoms with Gasteiger partial charge in [-0.15, -0.1) is 5.54 Å². The van der Waals surface area contributed by atoms with E-state index in [0.717, 1.165) is 4.90 Å². The van der Waals surface area contributed by atoms with Crippen molar-refractivity contribution in [2.45, 2.75) is 65.5 Å². The van der Waals surface area contributed by atoms with Crippen molar-refractivity contribution in [2.75, 3.05) is 11.4 Å². The highest BCUT2D eigenvalue weighted by Gasteiger charge is 2.33. The molecule has 0 fully saturated rings. The summed E-state index contributed by atoms with van der Waals surface area (Å²) >= 11 is 0. The molecule has 2 aromatic heterocycles. The molecule has 0 saturated heterocycles. The smallest absolute Gasteiger partial charge is 0.414 e. The van der Waals surface area contributed by atoms with E-state index in [1.165, 1.54) is 12.3 Å². The summed E-state index contributed by atoms with van der Waals surface area (Å²) in [7, 11) is -1.83. The van der Waals surface area contributed by atoms with E-state index in [0.29, 0.717) is 22.4 Å². The molecule has 0 bridgehead atoms. The van der Waals surface area contributed by atoms with Crippen LogP contribution < -0.4 is 4.90 Å². The summed E-state index contributed by atoms with van der Waals surface area (Å²) in [5, 5.41) is 9.40. The maximum Gasteiger partial charge on any atom is 0.414 e. The summed E-state index contributed by atoms with van der Waals surface area (Å²) in [6.07, 6.45) is -3.44. The fourth-order valence-corrected chi connectivity index (χ4v) is 4.26. The molecule has 2 heterocycles. The average molecular weight is 560 g/mol. The van der Waals surface area contributed by atoms with Crippen LogP contribution in [0.5, 0.6) is 0 Å². The highest BCUT2D eigenvalue weighted by molar-refractivity contribution is 6.83. The third kappa shape index (κ3) is 7.86. The monoisotopic (exact) mass is 559 g/mol. The number of aromatic nitrogens is 2. The lowest BCUT2D eigenvalue weighted by Crippen LogP contribution is -2.39. The molecule has 1 aromatic carbocycles. The molecule has 0 spiro atoms. The molecule has 1 amide bonds. The SMILES string of the molecule is Cc1cc(-c2cnc3c(N(CCC(F)(F)F)C(=O)OC(C)(C)C)cc(C#C[Si](C)(C)C)cn23)ccc1C(=O)O. The van der Waals surface area contributed by atoms with Crippen LogP contribution in [0.25, 0.3) is 16.9 Å². The zero-order valence-corrected chi connectivity index (χ0v) is 24.0. The maximum absolute atomic E-state index is 13.3. The van der Waals surface area contributed by atoms with Crippen LogP contribution in [0.4, 0.5) is 23.7 Å². The molecule has 11 heteroatoms. The molecule has 3 aromatic rings. The predicted octanol–water partition coefficient (Wildman–Crippen LogP) is 6.93. The summed E-state index contributed by atoms with van der Waals surface area (Å²) in [6.45, 7) is 12.1. The number of alkyl halides is 3. The van der Waals surface area contributed by atoms with Gasteiger partial charge in [-0.2, -0.15) is 13.2 Å². The van der Waals surface area contributed by atoms with Crippen LogP contribution in [0, 0.1) is 18.4 Å². The lowest BCUT2D eigenvalue weighted by atomic mass is 10.0. The molecular formula is C28H32F3N3O4Si. The lowest BCUT2D eigenvalue weighted by Gasteiger charge is -2.28. The van der Waals surface area contributed by atoms with Crippen molar-refractivity contribution >= 4 is 31.5 Å². The van der Waals surface area contributed by atoms with E-state index in [9.17, 15) is 27.9 Å². The van der Waals surface area contributed by atoms with Gasteiger partial charge in [0.2, 0.25) is 0 Å². The first kappa shape index (κ1) is 29.8. The molecular weight excluding hydrogens is 527 g/mol. The zero-order valence-electron chi connectivity index (χ0n) is 23.0. The van der Waals surface area contributed by atoms with Gasteiger partial charge in [0.1, 0.15) is 13.7 Å². The Hall–Kier alpha value is -3.78. The van der Waals surface area contributed by atoms with Gasteiger partial charge in [0.25, 0.3) is 0 Å². The normalized spacial score (nSPS) is 12.2. The molecule has 0 radical (unpaired) electrons. The van der Waals surface area contributed by atoms with Crippen LogP contribution in [0.3, 0.4) is 0 Å². The number of anilines is 1. The number of imidazole rings is 1. The van der Waals surface area contributed by atoms with Crippen LogP contribution in [0.2, 0.25) is 19.6 Å². The molecule has 0 saturated carbocycles. The van der Waals surface area contributed by atoms with Gasteiger partial charge in [0, 0.05) is 23.9 Å². The van der Waals surface area contributed by atoms with Crippen molar-refractivity contribution in [1.82, 2.24) is 9.38 Å². The fourth-order valence-electron chi connectivity index (χ4n) is 3.74. The number of carboxylic acids is 1. The number of carboxylic acid groups (broad SMARTS) is 1. The first-order valence-corrected chi connectivity index (χ1v) is 15.8. The van der Waals surface area contributed by atoms with E-state index in [4.69, 9.17) is 4.74 Å². The number of aryl methyl sites for hydroxylation is 1. The van der Waals surface area contributed by atoms with Gasteiger partial charge in [0.05, 0.1) is 29.6 Å². The van der Waals surface area contributed by atoms with Crippen LogP contribution >= 0.6 is 0 Å². The summed E-state index contributed by atoms with van der Waals surface area (Å²) in [4.78, 5) is 30.1. The summed E-state index contributed by atoms with van der Waals surface area (Å²) in [6, 6.07) is 6.37. The Bertz CT molecular complexity index is 1470. The summed E-state index contributed by atoms with van der Waals surface area (Å²) in [5.74, 6) is 2.07. The molecule has 0 aliphatic heterocycles. The van der Waals surface area contributed by atoms with Gasteiger partial charge in [-0.05, 0) is 51.5 Å². The van der Waals surface area contributed by atoms with Crippen LogP contribution in [0.1, 0.15) is 48.7 Å². The molecule has 208 valence electrons. The number of carbonyl (C=O) groups is 2. The second-order valence-corrected chi connectivity index (χ2v) is 16.0. The minimum absolute atomic E-state index is 0.126. The first-order valence-electron chi connectivity index (χ1n) is 12.3. The van der Waals surface area contributed by atoms with Gasteiger partial charge >= 0.3 is 18.2 Å². The van der Waals surface area contributed by atoms with E-state index in [2.05, 4.69) is 36.1 Å². The Morgan fingerprint density at radius 2 is 1.82 bits per heavy atom. The zero-order chi connectivity index (χ0) is 29.3. The minimum atomic E-state index is -4.50. The Morgan fingerprint density at radius 1 is 1.15 bits per heavy atom. The number of halogens is 3. The molecule has 0 aliphatic carbocycles. The molecule has 7 nitrogen and oxygen atoms in total.